The maximum absolute atomic E-state index is 2.52. The number of hydrogen-bond acceptors (Lipinski definition) is 0. The minimum absolute atomic E-state index is 0. The molecule has 3 aliphatic rings. The molecule has 203 valence electrons. The minimum Gasteiger partial charge on any atom is -1.00 e. The van der Waals surface area contributed by atoms with Gasteiger partial charge in [-0.3, -0.25) is 0 Å². The molecule has 4 aromatic carbocycles. The Labute approximate surface area is 272 Å². The maximum Gasteiger partial charge on any atom is 3.00 e. The van der Waals surface area contributed by atoms with Gasteiger partial charge in [0.15, 0.2) is 0 Å². The fraction of sp³-hybridized carbons (Fsp3) is 0.229. The van der Waals surface area contributed by atoms with Crippen LogP contribution in [0, 0.1) is 13.8 Å². The van der Waals surface area contributed by atoms with Crippen LogP contribution in [0.5, 0.6) is 0 Å². The van der Waals surface area contributed by atoms with E-state index < -0.39 is 8.07 Å². The number of fused-ring (bicyclic) bond motifs is 1. The van der Waals surface area contributed by atoms with Gasteiger partial charge < -0.3 is 29.4 Å². The minimum atomic E-state index is -1.19. The third-order valence-corrected chi connectivity index (χ3v) is 12.6. The average Bonchev–Trinajstić information content (AvgIpc) is 3.58. The van der Waals surface area contributed by atoms with Gasteiger partial charge in [-0.05, 0) is 55.2 Å². The number of nitrogens with zero attached hydrogens (tertiary/aromatic N) is 1. The number of halogens is 2. The normalized spacial score (nSPS) is 15.6. The van der Waals surface area contributed by atoms with Crippen LogP contribution >= 0.6 is 0 Å². The van der Waals surface area contributed by atoms with Gasteiger partial charge >= 0.3 is 26.2 Å². The van der Waals surface area contributed by atoms with Gasteiger partial charge in [0.05, 0.1) is 8.07 Å². The number of aromatic nitrogens is 1. The molecule has 0 fully saturated rings. The van der Waals surface area contributed by atoms with E-state index in [1.165, 1.54) is 44.4 Å². The van der Waals surface area contributed by atoms with Gasteiger partial charge in [-0.25, -0.2) is 0 Å². The molecule has 8 rings (SSSR count). The molecule has 40 heavy (non-hydrogen) atoms. The second kappa shape index (κ2) is 12.5. The van der Waals surface area contributed by atoms with Gasteiger partial charge in [-0.2, -0.15) is 6.07 Å². The van der Waals surface area contributed by atoms with Crippen molar-refractivity contribution in [3.8, 4) is 16.8 Å². The Morgan fingerprint density at radius 1 is 0.800 bits per heavy atom. The average molecular weight is 661 g/mol. The number of rotatable bonds is 3. The molecular formula is C35H36Cl2NSiZr. The molecule has 0 amide bonds. The topological polar surface area (TPSA) is 4.93 Å². The fourth-order valence-corrected chi connectivity index (χ4v) is 11.3. The first-order valence-corrected chi connectivity index (χ1v) is 16.6. The maximum atomic E-state index is 2.52. The number of para-hydroxylation sites is 1. The molecule has 5 aromatic rings. The van der Waals surface area contributed by atoms with E-state index in [2.05, 4.69) is 136 Å². The standard InChI is InChI=1S/C18H17.C17H19NSi.2ClH.Zr/c1-3-14-7-9-15(10-8-14)17-6-4-5-16-11-13(2)12-18(16)17;1-11-10-14-15(17-12(2)16(14)19(17,3)4)18(11)13-8-6-5-7-9-13;;;/h4-12H,3H2,1-2H3;5-10,17H,1-4H3;2*1H;/q-1;;;;+3/p-2. The van der Waals surface area contributed by atoms with E-state index in [4.69, 9.17) is 0 Å². The van der Waals surface area contributed by atoms with Crippen LogP contribution in [-0.2, 0) is 32.6 Å². The number of benzene rings is 3. The van der Waals surface area contributed by atoms with Gasteiger partial charge in [0.1, 0.15) is 0 Å². The Balaban J connectivity index is 0.000000205. The van der Waals surface area contributed by atoms with Gasteiger partial charge in [0.25, 0.3) is 0 Å². The van der Waals surface area contributed by atoms with Crippen LogP contribution < -0.4 is 24.8 Å². The molecule has 1 aliphatic carbocycles. The Hall–Kier alpha value is -2.03. The van der Waals surface area contributed by atoms with E-state index in [0.29, 0.717) is 0 Å². The van der Waals surface area contributed by atoms with Gasteiger partial charge in [0.2, 0.25) is 0 Å². The molecule has 0 spiro atoms. The summed E-state index contributed by atoms with van der Waals surface area (Å²) in [5.41, 5.74) is 13.6. The van der Waals surface area contributed by atoms with Crippen molar-refractivity contribution in [3.05, 3.63) is 125 Å². The van der Waals surface area contributed by atoms with Crippen molar-refractivity contribution in [1.82, 2.24) is 4.57 Å². The zero-order chi connectivity index (χ0) is 25.9. The summed E-state index contributed by atoms with van der Waals surface area (Å²) in [6.45, 7) is 14.0. The van der Waals surface area contributed by atoms with Crippen LogP contribution in [0.15, 0.2) is 96.6 Å². The summed E-state index contributed by atoms with van der Waals surface area (Å²) in [7, 11) is -1.19. The van der Waals surface area contributed by atoms with Crippen LogP contribution in [-0.4, -0.2) is 12.6 Å². The smallest absolute Gasteiger partial charge is 1.00 e. The quantitative estimate of drug-likeness (QED) is 0.206. The molecule has 1 atom stereocenters. The largest absolute Gasteiger partial charge is 3.00 e. The van der Waals surface area contributed by atoms with Crippen LogP contribution in [0.1, 0.15) is 47.5 Å². The molecule has 0 N–H and O–H groups in total. The predicted molar refractivity (Wildman–Crippen MR) is 162 cm³/mol. The van der Waals surface area contributed by atoms with E-state index >= 15 is 0 Å². The Morgan fingerprint density at radius 2 is 1.48 bits per heavy atom. The van der Waals surface area contributed by atoms with Crippen LogP contribution in [0.4, 0.5) is 0 Å². The molecule has 0 saturated carbocycles. The Kier molecular flexibility index (Phi) is 10.1. The van der Waals surface area contributed by atoms with Crippen LogP contribution in [0.2, 0.25) is 13.1 Å². The van der Waals surface area contributed by atoms with Crippen molar-refractivity contribution in [2.45, 2.75) is 52.8 Å². The summed E-state index contributed by atoms with van der Waals surface area (Å²) in [6.07, 6.45) is 1.10. The molecule has 1 nitrogen and oxygen atoms in total. The van der Waals surface area contributed by atoms with E-state index in [1.54, 1.807) is 22.0 Å². The SMILES string of the molecule is CC1=C2c3cc(C)n(-c4ccccc4)c3C1[Si]2(C)C.CCc1ccc(-c2cccc3[cH-]c(C)cc23)cc1.[Cl-].[Cl-].[Zr+3]. The van der Waals surface area contributed by atoms with Gasteiger partial charge in [0, 0.05) is 22.6 Å². The van der Waals surface area contributed by atoms with Crippen LogP contribution in [0.25, 0.3) is 32.8 Å². The molecule has 1 unspecified atom stereocenters. The molecule has 1 aromatic heterocycles. The van der Waals surface area contributed by atoms with Crippen molar-refractivity contribution < 1.29 is 51.0 Å². The number of aryl methyl sites for hydroxylation is 3. The van der Waals surface area contributed by atoms with Crippen molar-refractivity contribution in [2.24, 2.45) is 0 Å². The zero-order valence-corrected chi connectivity index (χ0v) is 29.1. The molecular weight excluding hydrogens is 625 g/mol. The summed E-state index contributed by atoms with van der Waals surface area (Å²) >= 11 is 0. The summed E-state index contributed by atoms with van der Waals surface area (Å²) in [5, 5.41) is 4.43. The predicted octanol–water partition coefficient (Wildman–Crippen LogP) is 3.56. The van der Waals surface area contributed by atoms with Gasteiger partial charge in [-0.1, -0.05) is 91.8 Å². The van der Waals surface area contributed by atoms with Crippen molar-refractivity contribution in [3.63, 3.8) is 0 Å². The second-order valence-electron chi connectivity index (χ2n) is 11.4. The van der Waals surface area contributed by atoms with Crippen molar-refractivity contribution >= 4 is 24.0 Å². The number of allylic oxidation sites excluding steroid dienone is 1. The molecule has 3 heterocycles. The summed E-state index contributed by atoms with van der Waals surface area (Å²) in [6, 6.07) is 33.2. The van der Waals surface area contributed by atoms with E-state index in [1.807, 2.05) is 0 Å². The fourth-order valence-electron chi connectivity index (χ4n) is 6.99. The van der Waals surface area contributed by atoms with Crippen molar-refractivity contribution in [1.29, 1.82) is 0 Å². The summed E-state index contributed by atoms with van der Waals surface area (Å²) in [5.74, 6) is 0. The summed E-state index contributed by atoms with van der Waals surface area (Å²) in [4.78, 5) is 0. The number of hydrogen-bond donors (Lipinski definition) is 0. The first kappa shape index (κ1) is 32.5. The van der Waals surface area contributed by atoms with E-state index in [9.17, 15) is 0 Å². The third-order valence-electron chi connectivity index (χ3n) is 8.54. The van der Waals surface area contributed by atoms with Crippen molar-refractivity contribution in [2.75, 3.05) is 0 Å². The first-order valence-electron chi connectivity index (χ1n) is 13.6. The first-order chi connectivity index (χ1) is 17.8. The molecule has 5 heteroatoms. The molecule has 1 radical (unpaired) electrons. The molecule has 2 bridgehead atoms. The molecule has 2 aliphatic heterocycles. The third kappa shape index (κ3) is 5.20. The van der Waals surface area contributed by atoms with E-state index in [0.717, 1.165) is 12.0 Å². The second-order valence-corrected chi connectivity index (χ2v) is 15.9. The molecule has 0 saturated heterocycles. The Morgan fingerprint density at radius 3 is 2.10 bits per heavy atom. The zero-order valence-electron chi connectivity index (χ0n) is 24.1. The van der Waals surface area contributed by atoms with Crippen LogP contribution in [0.3, 0.4) is 0 Å². The van der Waals surface area contributed by atoms with E-state index in [-0.39, 0.29) is 51.0 Å². The monoisotopic (exact) mass is 658 g/mol. The Bertz CT molecular complexity index is 1660. The van der Waals surface area contributed by atoms with Gasteiger partial charge in [-0.15, -0.1) is 34.5 Å². The summed E-state index contributed by atoms with van der Waals surface area (Å²) < 4.78 is 2.48.